The summed E-state index contributed by atoms with van der Waals surface area (Å²) >= 11 is 0. The van der Waals surface area contributed by atoms with Gasteiger partial charge in [0.05, 0.1) is 72.1 Å². The number of rotatable bonds is 37. The van der Waals surface area contributed by atoms with Crippen molar-refractivity contribution in [2.75, 3.05) is 95.0 Å². The summed E-state index contributed by atoms with van der Waals surface area (Å²) in [6.07, 6.45) is 16.3. The van der Waals surface area contributed by atoms with E-state index in [1.807, 2.05) is 6.92 Å². The second kappa shape index (κ2) is 51.9. The highest BCUT2D eigenvalue weighted by molar-refractivity contribution is 5.92. The lowest BCUT2D eigenvalue weighted by Gasteiger charge is -2.11. The lowest BCUT2D eigenvalue weighted by Crippen LogP contribution is -2.09. The van der Waals surface area contributed by atoms with Crippen molar-refractivity contribution in [1.82, 2.24) is 0 Å². The van der Waals surface area contributed by atoms with Crippen LogP contribution in [-0.2, 0) is 52.4 Å². The number of aliphatic carboxylic acids is 1. The van der Waals surface area contributed by atoms with Gasteiger partial charge in [-0.3, -0.25) is 0 Å². The molecule has 0 aliphatic rings. The fourth-order valence-electron chi connectivity index (χ4n) is 7.12. The number of carbonyl (C=O) groups excluding carboxylic acids is 5. The van der Waals surface area contributed by atoms with Gasteiger partial charge >= 0.3 is 41.8 Å². The molecule has 0 bridgehead atoms. The largest absolute Gasteiger partial charge is 0.504 e. The summed E-state index contributed by atoms with van der Waals surface area (Å²) in [5.74, 6) is -1.49. The van der Waals surface area contributed by atoms with E-state index in [1.54, 1.807) is 105 Å². The first kappa shape index (κ1) is 84.6. The molecule has 24 heteroatoms. The van der Waals surface area contributed by atoms with E-state index in [1.165, 1.54) is 78.0 Å². The molecule has 5 aromatic rings. The number of phenolic OH excluding ortho intramolecular Hbond substituents is 2. The van der Waals surface area contributed by atoms with E-state index < -0.39 is 29.8 Å². The number of carboxylic acids is 2. The number of methoxy groups -OCH3 is 5. The molecule has 0 aliphatic carbocycles. The Morgan fingerprint density at radius 1 is 0.433 bits per heavy atom. The van der Waals surface area contributed by atoms with Crippen LogP contribution in [0.25, 0.3) is 18.2 Å². The van der Waals surface area contributed by atoms with Crippen LogP contribution in [0.3, 0.4) is 0 Å². The zero-order valence-electron chi connectivity index (χ0n) is 56.4. The zero-order valence-corrected chi connectivity index (χ0v) is 56.4. The third kappa shape index (κ3) is 39.8. The molecular weight excluding hydrogens is 1260 g/mol. The molecule has 0 fully saturated rings. The van der Waals surface area contributed by atoms with Gasteiger partial charge in [-0.25, -0.2) is 33.6 Å². The molecule has 0 spiro atoms. The maximum absolute atomic E-state index is 12.6. The normalized spacial score (nSPS) is 10.3. The van der Waals surface area contributed by atoms with E-state index in [9.17, 15) is 43.8 Å². The van der Waals surface area contributed by atoms with Crippen molar-refractivity contribution in [3.8, 4) is 46.0 Å². The molecule has 0 aromatic heterocycles. The minimum Gasteiger partial charge on any atom is -0.504 e. The third-order valence-electron chi connectivity index (χ3n) is 12.3. The molecule has 0 radical (unpaired) electrons. The molecule has 97 heavy (non-hydrogen) atoms. The SMILES string of the molecule is C=C(C)C(=O)OCCCCCCOc1ccc(C(=O)O)cc1.C=C(C)C(=O)OCCCCCCOc1ccc(C(=O)Oc2ccc(/C=C/C(=O)OCCOC)cc2OC)cc1.CCCO.COCCOC(=O)/C=C/c1ccc(O)c(OC)c1.COc1cc(/C=C/C(=O)O)ccc1O. The average Bonchev–Trinajstić information content (AvgIpc) is 0.887. The monoisotopic (exact) mass is 1350 g/mol. The molecule has 0 amide bonds. The Labute approximate surface area is 566 Å². The summed E-state index contributed by atoms with van der Waals surface area (Å²) < 4.78 is 61.4. The maximum atomic E-state index is 12.6. The molecule has 5 rings (SSSR count). The Morgan fingerprint density at radius 2 is 0.804 bits per heavy atom. The number of ether oxygens (including phenoxy) is 12. The van der Waals surface area contributed by atoms with Crippen LogP contribution in [0.4, 0.5) is 0 Å². The minimum atomic E-state index is -1.02. The van der Waals surface area contributed by atoms with Gasteiger partial charge in [-0.15, -0.1) is 0 Å². The van der Waals surface area contributed by atoms with Gasteiger partial charge in [0.15, 0.2) is 34.5 Å². The van der Waals surface area contributed by atoms with Gasteiger partial charge in [-0.05, 0) is 191 Å². The number of aliphatic hydroxyl groups is 1. The highest BCUT2D eigenvalue weighted by atomic mass is 16.6. The summed E-state index contributed by atoms with van der Waals surface area (Å²) in [7, 11) is 7.41. The Morgan fingerprint density at radius 3 is 1.16 bits per heavy atom. The molecule has 5 N–H and O–H groups in total. The number of esters is 5. The fraction of sp³-hybridized carbons (Fsp3) is 0.356. The number of aromatic hydroxyl groups is 2. The maximum Gasteiger partial charge on any atom is 0.343 e. The average molecular weight is 1350 g/mol. The van der Waals surface area contributed by atoms with Gasteiger partial charge in [0.25, 0.3) is 0 Å². The molecule has 0 atom stereocenters. The number of aromatic carboxylic acids is 1. The first-order valence-corrected chi connectivity index (χ1v) is 30.7. The van der Waals surface area contributed by atoms with Gasteiger partial charge in [0.2, 0.25) is 0 Å². The van der Waals surface area contributed by atoms with Gasteiger partial charge in [0, 0.05) is 50.2 Å². The number of hydrogen-bond donors (Lipinski definition) is 5. The van der Waals surface area contributed by atoms with Crippen LogP contribution < -0.4 is 28.4 Å². The number of carboxylic acid groups (broad SMARTS) is 2. The molecular formula is C73H92O24. The fourth-order valence-corrected chi connectivity index (χ4v) is 7.12. The molecule has 24 nitrogen and oxygen atoms in total. The van der Waals surface area contributed by atoms with E-state index in [-0.39, 0.29) is 48.0 Å². The number of carbonyl (C=O) groups is 7. The number of hydrogen-bond acceptors (Lipinski definition) is 22. The van der Waals surface area contributed by atoms with E-state index >= 15 is 0 Å². The van der Waals surface area contributed by atoms with Crippen LogP contribution in [0.15, 0.2) is 146 Å². The standard InChI is InChI=1S/C30H36O9.C17H22O5.C13H16O5.C10H10O4.C3H8O/c1-22(2)29(32)38-18-8-6-5-7-17-36-25-13-11-24(12-14-25)30(33)39-26-15-9-23(21-27(26)35-4)10-16-28(31)37-20-19-34-3;1-13(2)17(20)22-12-6-4-3-5-11-21-15-9-7-14(8-10-15)16(18)19;1-16-7-8-18-13(15)6-4-10-3-5-11(14)12(9-10)17-2;1-14-9-6-7(2-4-8(9)11)3-5-10(12)13;1-2-3-4/h9-16,21H,1,5-8,17-20H2,2-4H3;7-10H,1,3-6,11-12H2,2H3,(H,18,19);3-6,9,14H,7-8H2,1-2H3;2-6,11H,1H3,(H,12,13);4H,2-3H2,1H3/b16-10+;;6-4+;5-3+;. The second-order valence-corrected chi connectivity index (χ2v) is 20.3. The first-order valence-electron chi connectivity index (χ1n) is 30.7. The summed E-state index contributed by atoms with van der Waals surface area (Å²) in [5.41, 5.74) is 3.48. The molecule has 0 saturated carbocycles. The molecule has 0 unspecified atom stereocenters. The van der Waals surface area contributed by atoms with E-state index in [4.69, 9.17) is 72.2 Å². The number of unbranched alkanes of at least 4 members (excludes halogenated alkanes) is 6. The Kier molecular flexibility index (Phi) is 45.3. The van der Waals surface area contributed by atoms with Crippen molar-refractivity contribution < 1.29 is 116 Å². The Bertz CT molecular complexity index is 3270. The summed E-state index contributed by atoms with van der Waals surface area (Å²) in [4.78, 5) is 79.0. The lowest BCUT2D eigenvalue weighted by molar-refractivity contribution is -0.139. The Balaban J connectivity index is 0.000000685. The summed E-state index contributed by atoms with van der Waals surface area (Å²) in [6.45, 7) is 15.6. The highest BCUT2D eigenvalue weighted by Crippen LogP contribution is 2.31. The van der Waals surface area contributed by atoms with Crippen LogP contribution in [0.2, 0.25) is 0 Å². The molecule has 0 heterocycles. The first-order chi connectivity index (χ1) is 46.5. The molecule has 5 aromatic carbocycles. The second-order valence-electron chi connectivity index (χ2n) is 20.3. The summed E-state index contributed by atoms with van der Waals surface area (Å²) in [6, 6.07) is 27.3. The zero-order chi connectivity index (χ0) is 72.2. The third-order valence-corrected chi connectivity index (χ3v) is 12.3. The van der Waals surface area contributed by atoms with Gasteiger partial charge < -0.3 is 82.4 Å². The van der Waals surface area contributed by atoms with Crippen LogP contribution in [0, 0.1) is 0 Å². The van der Waals surface area contributed by atoms with Crippen molar-refractivity contribution in [1.29, 1.82) is 0 Å². The predicted molar refractivity (Wildman–Crippen MR) is 364 cm³/mol. The van der Waals surface area contributed by atoms with Crippen molar-refractivity contribution >= 4 is 60.0 Å². The van der Waals surface area contributed by atoms with Crippen LogP contribution in [-0.4, -0.2) is 162 Å². The predicted octanol–water partition coefficient (Wildman–Crippen LogP) is 12.1. The highest BCUT2D eigenvalue weighted by Gasteiger charge is 2.14. The van der Waals surface area contributed by atoms with Crippen LogP contribution in [0.5, 0.6) is 46.0 Å². The van der Waals surface area contributed by atoms with E-state index in [0.717, 1.165) is 69.4 Å². The van der Waals surface area contributed by atoms with Crippen molar-refractivity contribution in [2.24, 2.45) is 0 Å². The van der Waals surface area contributed by atoms with Crippen LogP contribution in [0.1, 0.15) is 116 Å². The smallest absolute Gasteiger partial charge is 0.343 e. The van der Waals surface area contributed by atoms with Gasteiger partial charge in [-0.1, -0.05) is 38.3 Å². The molecule has 0 aliphatic heterocycles. The minimum absolute atomic E-state index is 0.0278. The molecule has 528 valence electrons. The van der Waals surface area contributed by atoms with Crippen molar-refractivity contribution in [3.05, 3.63) is 173 Å². The topological polar surface area (TPSA) is 331 Å². The van der Waals surface area contributed by atoms with Crippen molar-refractivity contribution in [2.45, 2.75) is 78.6 Å². The summed E-state index contributed by atoms with van der Waals surface area (Å²) in [5, 5.41) is 43.7. The lowest BCUT2D eigenvalue weighted by atomic mass is 10.2. The van der Waals surface area contributed by atoms with Crippen molar-refractivity contribution in [3.63, 3.8) is 0 Å². The number of phenols is 2. The number of aliphatic hydroxyl groups excluding tert-OH is 1. The van der Waals surface area contributed by atoms with Crippen LogP contribution >= 0.6 is 0 Å². The van der Waals surface area contributed by atoms with Gasteiger partial charge in [0.1, 0.15) is 24.7 Å². The number of benzene rings is 5. The van der Waals surface area contributed by atoms with E-state index in [0.29, 0.717) is 103 Å². The van der Waals surface area contributed by atoms with Gasteiger partial charge in [-0.2, -0.15) is 0 Å². The van der Waals surface area contributed by atoms with E-state index in [2.05, 4.69) is 13.2 Å². The quantitative estimate of drug-likeness (QED) is 0.00811. The molecule has 0 saturated heterocycles. The Hall–Kier alpha value is -10.4.